The highest BCUT2D eigenvalue weighted by Crippen LogP contribution is 2.32. The topological polar surface area (TPSA) is 148 Å². The Labute approximate surface area is 223 Å². The first-order valence-electron chi connectivity index (χ1n) is 11.4. The highest BCUT2D eigenvalue weighted by Gasteiger charge is 2.34. The Morgan fingerprint density at radius 1 is 1.13 bits per heavy atom. The normalized spacial score (nSPS) is 14.7. The van der Waals surface area contributed by atoms with Crippen LogP contribution in [0.25, 0.3) is 6.08 Å². The Morgan fingerprint density at radius 3 is 2.47 bits per heavy atom. The third kappa shape index (κ3) is 6.61. The van der Waals surface area contributed by atoms with Crippen LogP contribution in [0.5, 0.6) is 5.75 Å². The highest BCUT2D eigenvalue weighted by molar-refractivity contribution is 8.18. The fourth-order valence-corrected chi connectivity index (χ4v) is 5.34. The molecular formula is C25H24N4O7S2. The summed E-state index contributed by atoms with van der Waals surface area (Å²) < 4.78 is 37.2. The van der Waals surface area contributed by atoms with Gasteiger partial charge in [-0.15, -0.1) is 0 Å². The van der Waals surface area contributed by atoms with Gasteiger partial charge in [-0.3, -0.25) is 24.0 Å². The molecule has 2 N–H and O–H groups in total. The van der Waals surface area contributed by atoms with Crippen LogP contribution in [-0.4, -0.2) is 49.2 Å². The number of carbonyl (C=O) groups excluding carboxylic acids is 3. The lowest BCUT2D eigenvalue weighted by Gasteiger charge is -2.12. The zero-order valence-corrected chi connectivity index (χ0v) is 22.1. The average Bonchev–Trinajstić information content (AvgIpc) is 3.41. The number of methoxy groups -OCH3 is 1. The molecule has 11 nitrogen and oxygen atoms in total. The van der Waals surface area contributed by atoms with Crippen LogP contribution in [0.2, 0.25) is 0 Å². The molecule has 0 atom stereocenters. The van der Waals surface area contributed by atoms with E-state index in [1.54, 1.807) is 44.4 Å². The van der Waals surface area contributed by atoms with Gasteiger partial charge in [-0.05, 0) is 73.1 Å². The smallest absolute Gasteiger partial charge is 0.293 e. The number of benzene rings is 2. The van der Waals surface area contributed by atoms with Gasteiger partial charge in [0, 0.05) is 24.7 Å². The number of ether oxygens (including phenoxy) is 1. The predicted octanol–water partition coefficient (Wildman–Crippen LogP) is 4.25. The third-order valence-corrected chi connectivity index (χ3v) is 7.67. The van der Waals surface area contributed by atoms with Crippen molar-refractivity contribution < 1.29 is 32.1 Å². The number of imide groups is 1. The molecule has 38 heavy (non-hydrogen) atoms. The van der Waals surface area contributed by atoms with E-state index in [1.165, 1.54) is 30.3 Å². The van der Waals surface area contributed by atoms with Crippen LogP contribution in [0.1, 0.15) is 24.2 Å². The van der Waals surface area contributed by atoms with Gasteiger partial charge in [-0.25, -0.2) is 8.42 Å². The molecule has 0 bridgehead atoms. The second-order valence-corrected chi connectivity index (χ2v) is 10.9. The van der Waals surface area contributed by atoms with Gasteiger partial charge in [0.15, 0.2) is 5.82 Å². The maximum Gasteiger partial charge on any atom is 0.293 e. The highest BCUT2D eigenvalue weighted by atomic mass is 32.2. The van der Waals surface area contributed by atoms with Crippen LogP contribution in [0.15, 0.2) is 68.9 Å². The first kappa shape index (κ1) is 26.9. The van der Waals surface area contributed by atoms with E-state index >= 15 is 0 Å². The molecule has 13 heteroatoms. The Bertz CT molecular complexity index is 1480. The van der Waals surface area contributed by atoms with E-state index in [0.29, 0.717) is 22.1 Å². The molecule has 1 aromatic heterocycles. The molecule has 3 aromatic rings. The first-order chi connectivity index (χ1) is 18.1. The summed E-state index contributed by atoms with van der Waals surface area (Å²) in [5, 5.41) is 5.89. The molecule has 3 amide bonds. The van der Waals surface area contributed by atoms with Gasteiger partial charge in [-0.1, -0.05) is 17.3 Å². The molecule has 1 saturated heterocycles. The summed E-state index contributed by atoms with van der Waals surface area (Å²) in [6.07, 6.45) is 1.97. The fraction of sp³-hybridized carbons (Fsp3) is 0.200. The summed E-state index contributed by atoms with van der Waals surface area (Å²) >= 11 is 0.856. The van der Waals surface area contributed by atoms with Crippen molar-refractivity contribution >= 4 is 56.4 Å². The van der Waals surface area contributed by atoms with Crippen molar-refractivity contribution in [1.82, 2.24) is 10.1 Å². The molecule has 0 saturated carbocycles. The average molecular weight is 557 g/mol. The van der Waals surface area contributed by atoms with E-state index in [-0.39, 0.29) is 41.2 Å². The third-order valence-electron chi connectivity index (χ3n) is 5.39. The van der Waals surface area contributed by atoms with Gasteiger partial charge in [-0.2, -0.15) is 0 Å². The molecule has 2 aromatic carbocycles. The Hall–Kier alpha value is -4.10. The monoisotopic (exact) mass is 556 g/mol. The van der Waals surface area contributed by atoms with E-state index in [1.807, 2.05) is 0 Å². The maximum absolute atomic E-state index is 12.7. The van der Waals surface area contributed by atoms with Crippen LogP contribution < -0.4 is 14.8 Å². The summed E-state index contributed by atoms with van der Waals surface area (Å²) in [6, 6.07) is 14.2. The molecule has 1 aliphatic heterocycles. The molecule has 0 radical (unpaired) electrons. The maximum atomic E-state index is 12.7. The van der Waals surface area contributed by atoms with Gasteiger partial charge < -0.3 is 14.6 Å². The van der Waals surface area contributed by atoms with Gasteiger partial charge in [0.25, 0.3) is 21.2 Å². The summed E-state index contributed by atoms with van der Waals surface area (Å²) in [6.45, 7) is 1.74. The van der Waals surface area contributed by atoms with Gasteiger partial charge in [0.1, 0.15) is 11.5 Å². The fourth-order valence-electron chi connectivity index (χ4n) is 3.49. The number of rotatable bonds is 10. The summed E-state index contributed by atoms with van der Waals surface area (Å²) in [5.74, 6) is 0.476. The molecule has 1 aliphatic rings. The van der Waals surface area contributed by atoms with Crippen LogP contribution in [0, 0.1) is 6.92 Å². The molecule has 0 aliphatic carbocycles. The van der Waals surface area contributed by atoms with Gasteiger partial charge in [0.2, 0.25) is 5.91 Å². The number of nitrogens with zero attached hydrogens (tertiary/aromatic N) is 2. The molecular weight excluding hydrogens is 532 g/mol. The Morgan fingerprint density at radius 2 is 1.84 bits per heavy atom. The van der Waals surface area contributed by atoms with E-state index in [4.69, 9.17) is 9.26 Å². The standard InChI is InChI=1S/C25H24N4O7S2/c1-16-14-22(27-36-16)28-38(33,34)20-11-7-18(8-12-20)26-23(30)4-3-13-29-24(31)21(37-25(29)32)15-17-5-9-19(35-2)10-6-17/h5-12,14-15H,3-4,13H2,1-2H3,(H,26,30)(H,27,28). The molecule has 0 unspecified atom stereocenters. The minimum atomic E-state index is -3.87. The van der Waals surface area contributed by atoms with Crippen LogP contribution in [-0.2, 0) is 19.6 Å². The largest absolute Gasteiger partial charge is 0.497 e. The summed E-state index contributed by atoms with van der Waals surface area (Å²) in [5.41, 5.74) is 1.17. The Balaban J connectivity index is 1.27. The molecule has 198 valence electrons. The zero-order valence-electron chi connectivity index (χ0n) is 20.5. The molecule has 0 spiro atoms. The number of amides is 3. The quantitative estimate of drug-likeness (QED) is 0.350. The second kappa shape index (κ2) is 11.5. The zero-order chi connectivity index (χ0) is 27.3. The number of aryl methyl sites for hydroxylation is 1. The van der Waals surface area contributed by atoms with Crippen molar-refractivity contribution in [3.05, 3.63) is 70.8 Å². The number of carbonyl (C=O) groups is 3. The van der Waals surface area contributed by atoms with Crippen molar-refractivity contribution in [2.24, 2.45) is 0 Å². The SMILES string of the molecule is COc1ccc(C=C2SC(=O)N(CCCC(=O)Nc3ccc(S(=O)(=O)Nc4cc(C)on4)cc3)C2=O)cc1. The molecule has 2 heterocycles. The van der Waals surface area contributed by atoms with Crippen molar-refractivity contribution in [3.63, 3.8) is 0 Å². The predicted molar refractivity (Wildman–Crippen MR) is 142 cm³/mol. The van der Waals surface area contributed by atoms with E-state index in [9.17, 15) is 22.8 Å². The van der Waals surface area contributed by atoms with Crippen molar-refractivity contribution in [3.8, 4) is 5.75 Å². The van der Waals surface area contributed by atoms with Crippen molar-refractivity contribution in [1.29, 1.82) is 0 Å². The van der Waals surface area contributed by atoms with E-state index < -0.39 is 15.9 Å². The van der Waals surface area contributed by atoms with Crippen LogP contribution in [0.4, 0.5) is 16.3 Å². The van der Waals surface area contributed by atoms with Gasteiger partial charge >= 0.3 is 0 Å². The lowest BCUT2D eigenvalue weighted by molar-refractivity contribution is -0.123. The Kier molecular flexibility index (Phi) is 8.17. The second-order valence-electron chi connectivity index (χ2n) is 8.21. The molecule has 1 fully saturated rings. The van der Waals surface area contributed by atoms with Crippen molar-refractivity contribution in [2.45, 2.75) is 24.7 Å². The number of nitrogens with one attached hydrogen (secondary N) is 2. The van der Waals surface area contributed by atoms with Crippen molar-refractivity contribution in [2.75, 3.05) is 23.7 Å². The van der Waals surface area contributed by atoms with Crippen LogP contribution in [0.3, 0.4) is 0 Å². The summed E-state index contributed by atoms with van der Waals surface area (Å²) in [7, 11) is -2.31. The number of sulfonamides is 1. The number of aromatic nitrogens is 1. The molecule has 4 rings (SSSR count). The van der Waals surface area contributed by atoms with Crippen LogP contribution >= 0.6 is 11.8 Å². The van der Waals surface area contributed by atoms with E-state index in [0.717, 1.165) is 22.2 Å². The first-order valence-corrected chi connectivity index (χ1v) is 13.7. The van der Waals surface area contributed by atoms with Gasteiger partial charge in [0.05, 0.1) is 16.9 Å². The minimum absolute atomic E-state index is 0.0155. The number of thioether (sulfide) groups is 1. The number of hydrogen-bond donors (Lipinski definition) is 2. The summed E-state index contributed by atoms with van der Waals surface area (Å²) in [4.78, 5) is 38.8. The van der Waals surface area contributed by atoms with E-state index in [2.05, 4.69) is 15.2 Å². The lowest BCUT2D eigenvalue weighted by Crippen LogP contribution is -2.29. The number of hydrogen-bond acceptors (Lipinski definition) is 9. The lowest BCUT2D eigenvalue weighted by atomic mass is 10.2. The number of anilines is 2. The minimum Gasteiger partial charge on any atom is -0.497 e.